The van der Waals surface area contributed by atoms with Crippen LogP contribution in [0.4, 0.5) is 4.79 Å². The zero-order chi connectivity index (χ0) is 10.3. The van der Waals surface area contributed by atoms with E-state index in [1.54, 1.807) is 11.8 Å². The van der Waals surface area contributed by atoms with Crippen LogP contribution in [0.15, 0.2) is 0 Å². The summed E-state index contributed by atoms with van der Waals surface area (Å²) in [6, 6.07) is 0.197. The second-order valence-electron chi connectivity index (χ2n) is 2.94. The van der Waals surface area contributed by atoms with Crippen molar-refractivity contribution in [3.8, 4) is 0 Å². The zero-order valence-electron chi connectivity index (χ0n) is 8.75. The van der Waals surface area contributed by atoms with E-state index in [1.807, 2.05) is 13.8 Å². The van der Waals surface area contributed by atoms with Gasteiger partial charge in [0.1, 0.15) is 0 Å². The maximum Gasteiger partial charge on any atom is 0.410 e. The number of nitrogens with two attached hydrogens (primary N) is 1. The Hall–Kier alpha value is -0.770. The molecule has 0 aromatic carbocycles. The van der Waals surface area contributed by atoms with E-state index in [9.17, 15) is 4.79 Å². The van der Waals surface area contributed by atoms with Crippen molar-refractivity contribution in [2.75, 3.05) is 19.7 Å². The molecule has 0 saturated heterocycles. The van der Waals surface area contributed by atoms with Gasteiger partial charge in [0.15, 0.2) is 0 Å². The first kappa shape index (κ1) is 12.2. The van der Waals surface area contributed by atoms with Crippen molar-refractivity contribution in [3.05, 3.63) is 0 Å². The fourth-order valence-electron chi connectivity index (χ4n) is 1.06. The fourth-order valence-corrected chi connectivity index (χ4v) is 1.06. The van der Waals surface area contributed by atoms with E-state index >= 15 is 0 Å². The lowest BCUT2D eigenvalue weighted by Gasteiger charge is -2.26. The maximum absolute atomic E-state index is 11.4. The third kappa shape index (κ3) is 4.12. The zero-order valence-corrected chi connectivity index (χ0v) is 8.75. The normalized spacial score (nSPS) is 12.3. The van der Waals surface area contributed by atoms with Crippen LogP contribution in [-0.2, 0) is 4.74 Å². The number of ether oxygens (including phenoxy) is 1. The maximum atomic E-state index is 11.4. The summed E-state index contributed by atoms with van der Waals surface area (Å²) in [4.78, 5) is 13.1. The molecular weight excluding hydrogens is 168 g/mol. The molecule has 0 bridgehead atoms. The average Bonchev–Trinajstić information content (AvgIpc) is 2.13. The smallest absolute Gasteiger partial charge is 0.410 e. The first-order valence-corrected chi connectivity index (χ1v) is 4.80. The number of hydrogen-bond acceptors (Lipinski definition) is 3. The number of amides is 1. The minimum Gasteiger partial charge on any atom is -0.450 e. The Kier molecular flexibility index (Phi) is 6.32. The van der Waals surface area contributed by atoms with Gasteiger partial charge in [0.25, 0.3) is 0 Å². The minimum atomic E-state index is -0.262. The monoisotopic (exact) mass is 188 g/mol. The van der Waals surface area contributed by atoms with Crippen LogP contribution in [0.5, 0.6) is 0 Å². The third-order valence-corrected chi connectivity index (χ3v) is 2.00. The number of rotatable bonds is 5. The van der Waals surface area contributed by atoms with E-state index < -0.39 is 0 Å². The first-order valence-electron chi connectivity index (χ1n) is 4.80. The summed E-state index contributed by atoms with van der Waals surface area (Å²) in [5, 5.41) is 0. The lowest BCUT2D eigenvalue weighted by Crippen LogP contribution is -2.41. The lowest BCUT2D eigenvalue weighted by molar-refractivity contribution is 0.0936. The second kappa shape index (κ2) is 6.71. The summed E-state index contributed by atoms with van der Waals surface area (Å²) in [5.74, 6) is 0. The van der Waals surface area contributed by atoms with Crippen LogP contribution < -0.4 is 5.73 Å². The molecular formula is C9H20N2O2. The van der Waals surface area contributed by atoms with Crippen molar-refractivity contribution >= 4 is 6.09 Å². The van der Waals surface area contributed by atoms with Crippen molar-refractivity contribution in [3.63, 3.8) is 0 Å². The van der Waals surface area contributed by atoms with Gasteiger partial charge >= 0.3 is 6.09 Å². The summed E-state index contributed by atoms with van der Waals surface area (Å²) in [5.41, 5.74) is 5.41. The molecule has 1 amide bonds. The molecule has 0 aliphatic rings. The van der Waals surface area contributed by atoms with Gasteiger partial charge in [-0.3, -0.25) is 0 Å². The number of hydrogen-bond donors (Lipinski definition) is 1. The predicted octanol–water partition coefficient (Wildman–Crippen LogP) is 1.20. The van der Waals surface area contributed by atoms with Gasteiger partial charge in [-0.25, -0.2) is 4.79 Å². The van der Waals surface area contributed by atoms with Crippen LogP contribution in [0.25, 0.3) is 0 Å². The Bertz CT molecular complexity index is 151. The Morgan fingerprint density at radius 3 is 2.54 bits per heavy atom. The van der Waals surface area contributed by atoms with Crippen molar-refractivity contribution in [1.29, 1.82) is 0 Å². The number of carbonyl (C=O) groups is 1. The quantitative estimate of drug-likeness (QED) is 0.705. The van der Waals surface area contributed by atoms with Crippen LogP contribution >= 0.6 is 0 Å². The van der Waals surface area contributed by atoms with Crippen LogP contribution in [0.3, 0.4) is 0 Å². The van der Waals surface area contributed by atoms with Crippen LogP contribution in [0.1, 0.15) is 27.2 Å². The van der Waals surface area contributed by atoms with E-state index in [2.05, 4.69) is 0 Å². The van der Waals surface area contributed by atoms with Gasteiger partial charge in [-0.15, -0.1) is 0 Å². The molecule has 0 fully saturated rings. The molecule has 78 valence electrons. The highest BCUT2D eigenvalue weighted by molar-refractivity contribution is 5.67. The van der Waals surface area contributed by atoms with E-state index in [1.165, 1.54) is 0 Å². The van der Waals surface area contributed by atoms with Crippen molar-refractivity contribution in [2.24, 2.45) is 5.73 Å². The second-order valence-corrected chi connectivity index (χ2v) is 2.94. The van der Waals surface area contributed by atoms with Crippen LogP contribution in [0.2, 0.25) is 0 Å². The molecule has 0 radical (unpaired) electrons. The van der Waals surface area contributed by atoms with Gasteiger partial charge in [-0.2, -0.15) is 0 Å². The highest BCUT2D eigenvalue weighted by atomic mass is 16.6. The van der Waals surface area contributed by atoms with Gasteiger partial charge in [0.05, 0.1) is 6.61 Å². The molecule has 4 heteroatoms. The molecule has 0 unspecified atom stereocenters. The molecule has 13 heavy (non-hydrogen) atoms. The highest BCUT2D eigenvalue weighted by Gasteiger charge is 2.18. The van der Waals surface area contributed by atoms with E-state index in [4.69, 9.17) is 10.5 Å². The Balaban J connectivity index is 4.13. The molecule has 0 rings (SSSR count). The molecule has 0 saturated carbocycles. The lowest BCUT2D eigenvalue weighted by atomic mass is 10.2. The summed E-state index contributed by atoms with van der Waals surface area (Å²) < 4.78 is 4.91. The topological polar surface area (TPSA) is 55.6 Å². The summed E-state index contributed by atoms with van der Waals surface area (Å²) in [6.07, 6.45) is 0.654. The Morgan fingerprint density at radius 1 is 1.54 bits per heavy atom. The molecule has 1 atom stereocenters. The SMILES string of the molecule is CCOC(=O)N(CCN)[C@@H](C)CC. The van der Waals surface area contributed by atoms with Gasteiger partial charge in [0.2, 0.25) is 0 Å². The standard InChI is InChI=1S/C9H20N2O2/c1-4-8(3)11(7-6-10)9(12)13-5-2/h8H,4-7,10H2,1-3H3/t8-/m0/s1. The molecule has 0 aromatic heterocycles. The molecule has 0 aliphatic heterocycles. The van der Waals surface area contributed by atoms with Gasteiger partial charge in [-0.1, -0.05) is 6.92 Å². The largest absolute Gasteiger partial charge is 0.450 e. The van der Waals surface area contributed by atoms with Crippen LogP contribution in [0, 0.1) is 0 Å². The Morgan fingerprint density at radius 2 is 2.15 bits per heavy atom. The van der Waals surface area contributed by atoms with E-state index in [0.717, 1.165) is 6.42 Å². The molecule has 0 spiro atoms. The van der Waals surface area contributed by atoms with E-state index in [-0.39, 0.29) is 12.1 Å². The van der Waals surface area contributed by atoms with Crippen LogP contribution in [-0.4, -0.2) is 36.7 Å². The summed E-state index contributed by atoms with van der Waals surface area (Å²) in [6.45, 7) is 7.28. The summed E-state index contributed by atoms with van der Waals surface area (Å²) >= 11 is 0. The van der Waals surface area contributed by atoms with Gasteiger partial charge in [-0.05, 0) is 20.3 Å². The van der Waals surface area contributed by atoms with Crippen molar-refractivity contribution in [1.82, 2.24) is 4.90 Å². The number of nitrogens with zero attached hydrogens (tertiary/aromatic N) is 1. The third-order valence-electron chi connectivity index (χ3n) is 2.00. The average molecular weight is 188 g/mol. The van der Waals surface area contributed by atoms with Crippen molar-refractivity contribution in [2.45, 2.75) is 33.2 Å². The molecule has 0 heterocycles. The highest BCUT2D eigenvalue weighted by Crippen LogP contribution is 2.04. The summed E-state index contributed by atoms with van der Waals surface area (Å²) in [7, 11) is 0. The number of carbonyl (C=O) groups excluding carboxylic acids is 1. The van der Waals surface area contributed by atoms with Gasteiger partial charge in [0, 0.05) is 19.1 Å². The van der Waals surface area contributed by atoms with Gasteiger partial charge < -0.3 is 15.4 Å². The minimum absolute atomic E-state index is 0.197. The predicted molar refractivity (Wildman–Crippen MR) is 52.5 cm³/mol. The fraction of sp³-hybridized carbons (Fsp3) is 0.889. The molecule has 0 aliphatic carbocycles. The van der Waals surface area contributed by atoms with Crippen molar-refractivity contribution < 1.29 is 9.53 Å². The molecule has 4 nitrogen and oxygen atoms in total. The molecule has 0 aromatic rings. The Labute approximate surface area is 80.0 Å². The van der Waals surface area contributed by atoms with E-state index in [0.29, 0.717) is 19.7 Å². The molecule has 2 N–H and O–H groups in total. The first-order chi connectivity index (χ1) is 6.17.